The zero-order valence-corrected chi connectivity index (χ0v) is 19.4. The number of anilines is 1. The van der Waals surface area contributed by atoms with E-state index >= 15 is 0 Å². The molecule has 0 saturated carbocycles. The van der Waals surface area contributed by atoms with Crippen molar-refractivity contribution in [1.82, 2.24) is 10.6 Å². The van der Waals surface area contributed by atoms with Gasteiger partial charge in [-0.05, 0) is 43.2 Å². The lowest BCUT2D eigenvalue weighted by Crippen LogP contribution is -2.43. The number of benzene rings is 2. The normalized spacial score (nSPS) is 16.7. The molecule has 1 aliphatic heterocycles. The Morgan fingerprint density at radius 1 is 1.24 bits per heavy atom. The van der Waals surface area contributed by atoms with Gasteiger partial charge in [-0.3, -0.25) is 9.79 Å². The molecule has 0 aliphatic carbocycles. The number of halogens is 1. The molecule has 0 fully saturated rings. The van der Waals surface area contributed by atoms with E-state index in [0.29, 0.717) is 25.5 Å². The van der Waals surface area contributed by atoms with E-state index in [1.165, 1.54) is 5.56 Å². The van der Waals surface area contributed by atoms with Crippen LogP contribution in [0.15, 0.2) is 53.5 Å². The van der Waals surface area contributed by atoms with Gasteiger partial charge in [-0.2, -0.15) is 0 Å². The van der Waals surface area contributed by atoms with Crippen molar-refractivity contribution in [1.29, 1.82) is 0 Å². The van der Waals surface area contributed by atoms with Gasteiger partial charge in [-0.25, -0.2) is 0 Å². The summed E-state index contributed by atoms with van der Waals surface area (Å²) in [6.07, 6.45) is 0.454. The Labute approximate surface area is 189 Å². The average molecular weight is 508 g/mol. The first kappa shape index (κ1) is 23.0. The van der Waals surface area contributed by atoms with Crippen LogP contribution in [0.2, 0.25) is 0 Å². The molecule has 29 heavy (non-hydrogen) atoms. The second-order valence-electron chi connectivity index (χ2n) is 7.12. The number of aliphatic imine (C=N–C) groups is 1. The van der Waals surface area contributed by atoms with E-state index < -0.39 is 0 Å². The number of carbonyl (C=O) groups is 1. The number of fused-ring (bicyclic) bond motifs is 1. The summed E-state index contributed by atoms with van der Waals surface area (Å²) in [4.78, 5) is 16.2. The third-order valence-corrected chi connectivity index (χ3v) is 4.73. The Morgan fingerprint density at radius 3 is 2.79 bits per heavy atom. The lowest BCUT2D eigenvalue weighted by molar-refractivity contribution is -0.116. The molecule has 0 aromatic heterocycles. The van der Waals surface area contributed by atoms with Crippen LogP contribution in [0.25, 0.3) is 0 Å². The number of guanidine groups is 1. The quantitative estimate of drug-likeness (QED) is 0.316. The predicted molar refractivity (Wildman–Crippen MR) is 128 cm³/mol. The second kappa shape index (κ2) is 11.0. The molecule has 3 rings (SSSR count). The van der Waals surface area contributed by atoms with Crippen LogP contribution in [-0.2, 0) is 4.79 Å². The number of hydrogen-bond acceptors (Lipinski definition) is 3. The van der Waals surface area contributed by atoms with Gasteiger partial charge in [0.2, 0.25) is 5.91 Å². The molecule has 2 aromatic carbocycles. The largest absolute Gasteiger partial charge is 0.489 e. The van der Waals surface area contributed by atoms with E-state index in [1.807, 2.05) is 56.3 Å². The van der Waals surface area contributed by atoms with Crippen molar-refractivity contribution in [3.8, 4) is 5.75 Å². The van der Waals surface area contributed by atoms with Gasteiger partial charge in [-0.15, -0.1) is 24.0 Å². The maximum absolute atomic E-state index is 12.0. The van der Waals surface area contributed by atoms with E-state index in [-0.39, 0.29) is 41.9 Å². The second-order valence-corrected chi connectivity index (χ2v) is 7.12. The maximum Gasteiger partial charge on any atom is 0.225 e. The minimum atomic E-state index is -0.0125. The monoisotopic (exact) mass is 508 g/mol. The van der Waals surface area contributed by atoms with E-state index in [1.54, 1.807) is 7.05 Å². The first-order valence-corrected chi connectivity index (χ1v) is 9.61. The highest BCUT2D eigenvalue weighted by atomic mass is 127. The fourth-order valence-electron chi connectivity index (χ4n) is 3.33. The van der Waals surface area contributed by atoms with Crippen LogP contribution in [0.1, 0.15) is 30.4 Å². The lowest BCUT2D eigenvalue weighted by atomic mass is 9.90. The minimum absolute atomic E-state index is 0. The molecular formula is C22H29IN4O2. The van der Waals surface area contributed by atoms with Gasteiger partial charge in [0.05, 0.1) is 6.54 Å². The first-order valence-electron chi connectivity index (χ1n) is 9.61. The van der Waals surface area contributed by atoms with Crippen molar-refractivity contribution in [2.75, 3.05) is 25.5 Å². The van der Waals surface area contributed by atoms with Crippen LogP contribution >= 0.6 is 24.0 Å². The van der Waals surface area contributed by atoms with Gasteiger partial charge < -0.3 is 20.7 Å². The van der Waals surface area contributed by atoms with E-state index in [0.717, 1.165) is 17.0 Å². The van der Waals surface area contributed by atoms with Crippen LogP contribution in [0.3, 0.4) is 0 Å². The molecule has 0 spiro atoms. The highest BCUT2D eigenvalue weighted by Crippen LogP contribution is 2.31. The molecule has 2 unspecified atom stereocenters. The smallest absolute Gasteiger partial charge is 0.225 e. The maximum atomic E-state index is 12.0. The summed E-state index contributed by atoms with van der Waals surface area (Å²) in [5.74, 6) is 1.73. The summed E-state index contributed by atoms with van der Waals surface area (Å²) in [5.41, 5.74) is 3.22. The lowest BCUT2D eigenvalue weighted by Gasteiger charge is -2.26. The molecule has 1 heterocycles. The molecular weight excluding hydrogens is 479 g/mol. The molecule has 0 saturated heterocycles. The van der Waals surface area contributed by atoms with Gasteiger partial charge in [-0.1, -0.05) is 30.3 Å². The topological polar surface area (TPSA) is 74.8 Å². The number of nitrogens with zero attached hydrogens (tertiary/aromatic N) is 1. The predicted octanol–water partition coefficient (Wildman–Crippen LogP) is 3.67. The van der Waals surface area contributed by atoms with Crippen molar-refractivity contribution >= 4 is 41.5 Å². The van der Waals surface area contributed by atoms with E-state index in [2.05, 4.69) is 27.0 Å². The van der Waals surface area contributed by atoms with E-state index in [9.17, 15) is 4.79 Å². The molecule has 1 aliphatic rings. The Bertz CT molecular complexity index is 856. The number of hydrogen-bond donors (Lipinski definition) is 3. The van der Waals surface area contributed by atoms with Crippen LogP contribution < -0.4 is 20.7 Å². The van der Waals surface area contributed by atoms with Crippen molar-refractivity contribution < 1.29 is 9.53 Å². The molecule has 2 atom stereocenters. The Balaban J connectivity index is 0.00000300. The molecule has 0 radical (unpaired) electrons. The molecule has 3 N–H and O–H groups in total. The van der Waals surface area contributed by atoms with Crippen LogP contribution in [0.5, 0.6) is 5.75 Å². The van der Waals surface area contributed by atoms with Crippen LogP contribution in [0.4, 0.5) is 5.69 Å². The van der Waals surface area contributed by atoms with E-state index in [4.69, 9.17) is 4.74 Å². The third kappa shape index (κ3) is 6.62. The van der Waals surface area contributed by atoms with Crippen molar-refractivity contribution in [3.05, 3.63) is 59.7 Å². The molecule has 2 aromatic rings. The first-order chi connectivity index (χ1) is 13.5. The number of amides is 1. The van der Waals surface area contributed by atoms with Gasteiger partial charge in [0.25, 0.3) is 0 Å². The zero-order valence-electron chi connectivity index (χ0n) is 17.1. The minimum Gasteiger partial charge on any atom is -0.489 e. The molecule has 7 heteroatoms. The average Bonchev–Trinajstić information content (AvgIpc) is 2.67. The highest BCUT2D eigenvalue weighted by molar-refractivity contribution is 14.0. The van der Waals surface area contributed by atoms with Crippen molar-refractivity contribution in [2.24, 2.45) is 4.99 Å². The van der Waals surface area contributed by atoms with Gasteiger partial charge >= 0.3 is 0 Å². The summed E-state index contributed by atoms with van der Waals surface area (Å²) in [5, 5.41) is 9.55. The molecule has 1 amide bonds. The zero-order chi connectivity index (χ0) is 19.9. The van der Waals surface area contributed by atoms with Crippen LogP contribution in [0, 0.1) is 6.92 Å². The highest BCUT2D eigenvalue weighted by Gasteiger charge is 2.24. The van der Waals surface area contributed by atoms with Crippen molar-refractivity contribution in [3.63, 3.8) is 0 Å². The Kier molecular flexibility index (Phi) is 8.75. The number of rotatable bonds is 6. The van der Waals surface area contributed by atoms with Crippen LogP contribution in [-0.4, -0.2) is 38.1 Å². The Morgan fingerprint density at radius 2 is 2.03 bits per heavy atom. The summed E-state index contributed by atoms with van der Waals surface area (Å²) in [6, 6.07) is 16.0. The molecule has 0 bridgehead atoms. The fraction of sp³-hybridized carbons (Fsp3) is 0.364. The number of aryl methyl sites for hydroxylation is 1. The standard InChI is InChI=1S/C22H28N4O2.HI/c1-15-7-6-8-18(11-15)28-16(2)13-24-22(23-3)25-14-17-12-21(27)26-20-10-5-4-9-19(17)20;/h4-11,16-17H,12-14H2,1-3H3,(H,26,27)(H2,23,24,25);1H. The van der Waals surface area contributed by atoms with Gasteiger partial charge in [0.1, 0.15) is 11.9 Å². The van der Waals surface area contributed by atoms with Gasteiger partial charge in [0.15, 0.2) is 5.96 Å². The third-order valence-electron chi connectivity index (χ3n) is 4.73. The Hall–Kier alpha value is -2.29. The fourth-order valence-corrected chi connectivity index (χ4v) is 3.33. The summed E-state index contributed by atoms with van der Waals surface area (Å²) in [6.45, 7) is 5.32. The van der Waals surface area contributed by atoms with Crippen molar-refractivity contribution in [2.45, 2.75) is 32.3 Å². The number of carbonyl (C=O) groups excluding carboxylic acids is 1. The number of para-hydroxylation sites is 1. The SMILES string of the molecule is CN=C(NCC(C)Oc1cccc(C)c1)NCC1CC(=O)Nc2ccccc21.I. The molecule has 6 nitrogen and oxygen atoms in total. The number of nitrogens with one attached hydrogen (secondary N) is 3. The summed E-state index contributed by atoms with van der Waals surface area (Å²) < 4.78 is 5.95. The summed E-state index contributed by atoms with van der Waals surface area (Å²) >= 11 is 0. The van der Waals surface area contributed by atoms with Gasteiger partial charge in [0, 0.05) is 31.6 Å². The number of ether oxygens (including phenoxy) is 1. The molecule has 156 valence electrons. The summed E-state index contributed by atoms with van der Waals surface area (Å²) in [7, 11) is 1.74.